The second-order valence-corrected chi connectivity index (χ2v) is 13.4. The highest BCUT2D eigenvalue weighted by Crippen LogP contribution is 2.47. The van der Waals surface area contributed by atoms with Crippen LogP contribution in [0.3, 0.4) is 0 Å². The standard InChI is InChI=1S/C39H50N2O4/c1-3-5-21-44-36-18-16-29-14-15-30(24-31(29)36)38(43)41-33(23-28-11-7-6-8-12-28)35(42)26-40-34-25-39(19-9-10-20-39)45-37-17-13-27(4-2)22-32(34)37/h6-8,11-15,17,22,24,33-36,40,42H,3-5,9-10,16,18-21,23,25-26H2,1-2H3,(H,41,43)/t33-,34-,35+,36+/m0/s1. The van der Waals surface area contributed by atoms with E-state index < -0.39 is 12.1 Å². The van der Waals surface area contributed by atoms with Crippen LogP contribution in [0.2, 0.25) is 0 Å². The molecular weight excluding hydrogens is 560 g/mol. The maximum absolute atomic E-state index is 13.7. The third-order valence-corrected chi connectivity index (χ3v) is 10.2. The Balaban J connectivity index is 1.18. The van der Waals surface area contributed by atoms with E-state index in [1.165, 1.54) is 29.5 Å². The molecule has 1 aliphatic heterocycles. The molecule has 3 aliphatic rings. The van der Waals surface area contributed by atoms with Gasteiger partial charge in [0.05, 0.1) is 18.2 Å². The molecule has 0 bridgehead atoms. The van der Waals surface area contributed by atoms with Gasteiger partial charge in [0.1, 0.15) is 11.4 Å². The van der Waals surface area contributed by atoms with Crippen molar-refractivity contribution in [1.29, 1.82) is 0 Å². The number of amides is 1. The number of rotatable bonds is 13. The molecule has 240 valence electrons. The summed E-state index contributed by atoms with van der Waals surface area (Å²) in [5.41, 5.74) is 6.42. The number of hydrogen-bond acceptors (Lipinski definition) is 5. The first-order valence-corrected chi connectivity index (χ1v) is 17.3. The van der Waals surface area contributed by atoms with Gasteiger partial charge >= 0.3 is 0 Å². The minimum absolute atomic E-state index is 0.0490. The molecule has 3 N–H and O–H groups in total. The number of nitrogens with one attached hydrogen (secondary N) is 2. The molecule has 6 heteroatoms. The molecule has 0 radical (unpaired) electrons. The number of aryl methyl sites for hydroxylation is 2. The molecule has 1 amide bonds. The van der Waals surface area contributed by atoms with Gasteiger partial charge in [-0.2, -0.15) is 0 Å². The summed E-state index contributed by atoms with van der Waals surface area (Å²) in [6, 6.07) is 22.3. The van der Waals surface area contributed by atoms with E-state index in [0.717, 1.165) is 74.8 Å². The monoisotopic (exact) mass is 610 g/mol. The van der Waals surface area contributed by atoms with Crippen LogP contribution in [0.25, 0.3) is 0 Å². The molecule has 1 heterocycles. The van der Waals surface area contributed by atoms with E-state index >= 15 is 0 Å². The molecule has 6 rings (SSSR count). The zero-order valence-electron chi connectivity index (χ0n) is 27.0. The fourth-order valence-corrected chi connectivity index (χ4v) is 7.50. The van der Waals surface area contributed by atoms with E-state index in [1.54, 1.807) is 0 Å². The van der Waals surface area contributed by atoms with Crippen LogP contribution in [0.1, 0.15) is 116 Å². The summed E-state index contributed by atoms with van der Waals surface area (Å²) in [6.07, 6.45) is 10.3. The molecule has 4 atom stereocenters. The fraction of sp³-hybridized carbons (Fsp3) is 0.513. The van der Waals surface area contributed by atoms with Gasteiger partial charge in [0.15, 0.2) is 0 Å². The lowest BCUT2D eigenvalue weighted by molar-refractivity contribution is 0.0326. The summed E-state index contributed by atoms with van der Waals surface area (Å²) in [5, 5.41) is 18.6. The van der Waals surface area contributed by atoms with Crippen LogP contribution in [0, 0.1) is 0 Å². The smallest absolute Gasteiger partial charge is 0.251 e. The van der Waals surface area contributed by atoms with E-state index in [1.807, 2.05) is 30.3 Å². The number of aliphatic hydroxyl groups excluding tert-OH is 1. The Bertz CT molecular complexity index is 1430. The molecule has 0 unspecified atom stereocenters. The average Bonchev–Trinajstić information content (AvgIpc) is 3.69. The Morgan fingerprint density at radius 1 is 1.02 bits per heavy atom. The lowest BCUT2D eigenvalue weighted by Crippen LogP contribution is -2.50. The molecule has 0 saturated heterocycles. The van der Waals surface area contributed by atoms with Crippen molar-refractivity contribution in [3.63, 3.8) is 0 Å². The molecule has 3 aromatic carbocycles. The van der Waals surface area contributed by atoms with Crippen molar-refractivity contribution >= 4 is 5.91 Å². The van der Waals surface area contributed by atoms with Crippen molar-refractivity contribution in [2.24, 2.45) is 0 Å². The SMILES string of the molecule is CCCCO[C@@H]1CCc2ccc(C(=O)N[C@@H](Cc3ccccc3)[C@H](O)CN[C@H]3CC4(CCCC4)Oc4ccc(CC)cc43)cc21. The number of carbonyl (C=O) groups excluding carboxylic acids is 1. The number of aliphatic hydroxyl groups is 1. The number of hydrogen-bond donors (Lipinski definition) is 3. The van der Waals surface area contributed by atoms with Crippen molar-refractivity contribution in [2.75, 3.05) is 13.2 Å². The van der Waals surface area contributed by atoms with Crippen LogP contribution in [0.15, 0.2) is 66.7 Å². The minimum atomic E-state index is -0.783. The van der Waals surface area contributed by atoms with Gasteiger partial charge < -0.3 is 25.2 Å². The molecule has 1 spiro atoms. The molecule has 2 aliphatic carbocycles. The van der Waals surface area contributed by atoms with Gasteiger partial charge in [-0.15, -0.1) is 0 Å². The van der Waals surface area contributed by atoms with E-state index in [2.05, 4.69) is 60.9 Å². The predicted molar refractivity (Wildman–Crippen MR) is 179 cm³/mol. The second kappa shape index (κ2) is 14.5. The summed E-state index contributed by atoms with van der Waals surface area (Å²) in [7, 11) is 0. The van der Waals surface area contributed by atoms with Gasteiger partial charge in [0.2, 0.25) is 0 Å². The highest BCUT2D eigenvalue weighted by Gasteiger charge is 2.43. The van der Waals surface area contributed by atoms with Crippen molar-refractivity contribution in [3.05, 3.63) is 100 Å². The van der Waals surface area contributed by atoms with Crippen molar-refractivity contribution < 1.29 is 19.4 Å². The maximum atomic E-state index is 13.7. The molecule has 6 nitrogen and oxygen atoms in total. The van der Waals surface area contributed by atoms with Crippen LogP contribution in [-0.4, -0.2) is 41.9 Å². The van der Waals surface area contributed by atoms with E-state index in [4.69, 9.17) is 9.47 Å². The molecule has 3 aromatic rings. The zero-order chi connectivity index (χ0) is 31.2. The van der Waals surface area contributed by atoms with Gasteiger partial charge in [-0.25, -0.2) is 0 Å². The van der Waals surface area contributed by atoms with E-state index in [0.29, 0.717) is 18.5 Å². The first-order chi connectivity index (χ1) is 22.0. The first kappa shape index (κ1) is 31.8. The Labute approximate surface area is 268 Å². The Morgan fingerprint density at radius 2 is 1.84 bits per heavy atom. The molecule has 1 fully saturated rings. The maximum Gasteiger partial charge on any atom is 0.251 e. The normalized spacial score (nSPS) is 21.1. The lowest BCUT2D eigenvalue weighted by atomic mass is 9.85. The fourth-order valence-electron chi connectivity index (χ4n) is 7.50. The van der Waals surface area contributed by atoms with Crippen LogP contribution < -0.4 is 15.4 Å². The van der Waals surface area contributed by atoms with E-state index in [9.17, 15) is 9.90 Å². The molecule has 1 saturated carbocycles. The van der Waals surface area contributed by atoms with Gasteiger partial charge in [-0.3, -0.25) is 4.79 Å². The largest absolute Gasteiger partial charge is 0.487 e. The van der Waals surface area contributed by atoms with Crippen LogP contribution in [0.4, 0.5) is 0 Å². The third-order valence-electron chi connectivity index (χ3n) is 10.2. The number of carbonyl (C=O) groups is 1. The van der Waals surface area contributed by atoms with Gasteiger partial charge in [0.25, 0.3) is 5.91 Å². The summed E-state index contributed by atoms with van der Waals surface area (Å²) in [4.78, 5) is 13.7. The Morgan fingerprint density at radius 3 is 2.62 bits per heavy atom. The van der Waals surface area contributed by atoms with Crippen LogP contribution in [0.5, 0.6) is 5.75 Å². The summed E-state index contributed by atoms with van der Waals surface area (Å²) in [6.45, 7) is 5.45. The Kier molecular flexibility index (Phi) is 10.2. The number of benzene rings is 3. The zero-order valence-corrected chi connectivity index (χ0v) is 27.0. The van der Waals surface area contributed by atoms with Crippen LogP contribution in [-0.2, 0) is 24.0 Å². The topological polar surface area (TPSA) is 79.8 Å². The third kappa shape index (κ3) is 7.45. The molecule has 45 heavy (non-hydrogen) atoms. The number of unbranched alkanes of at least 4 members (excludes halogenated alkanes) is 1. The lowest BCUT2D eigenvalue weighted by Gasteiger charge is -2.41. The predicted octanol–water partition coefficient (Wildman–Crippen LogP) is 7.18. The highest BCUT2D eigenvalue weighted by molar-refractivity contribution is 5.94. The minimum Gasteiger partial charge on any atom is -0.487 e. The second-order valence-electron chi connectivity index (χ2n) is 13.4. The van der Waals surface area contributed by atoms with Crippen LogP contribution >= 0.6 is 0 Å². The summed E-state index contributed by atoms with van der Waals surface area (Å²) < 4.78 is 12.8. The van der Waals surface area contributed by atoms with Gasteiger partial charge in [-0.1, -0.05) is 68.8 Å². The average molecular weight is 611 g/mol. The first-order valence-electron chi connectivity index (χ1n) is 17.3. The Hall–Kier alpha value is -3.19. The highest BCUT2D eigenvalue weighted by atomic mass is 16.5. The van der Waals surface area contributed by atoms with Gasteiger partial charge in [-0.05, 0) is 98.2 Å². The molecular formula is C39H50N2O4. The number of fused-ring (bicyclic) bond motifs is 2. The quantitative estimate of drug-likeness (QED) is 0.179. The number of ether oxygens (including phenoxy) is 2. The van der Waals surface area contributed by atoms with Crippen molar-refractivity contribution in [1.82, 2.24) is 10.6 Å². The summed E-state index contributed by atoms with van der Waals surface area (Å²) in [5.74, 6) is 0.806. The van der Waals surface area contributed by atoms with Gasteiger partial charge in [0, 0.05) is 36.7 Å². The van der Waals surface area contributed by atoms with Crippen molar-refractivity contribution in [3.8, 4) is 5.75 Å². The molecule has 0 aromatic heterocycles. The summed E-state index contributed by atoms with van der Waals surface area (Å²) >= 11 is 0. The van der Waals surface area contributed by atoms with E-state index in [-0.39, 0.29) is 23.7 Å². The van der Waals surface area contributed by atoms with Crippen molar-refractivity contribution in [2.45, 2.75) is 114 Å².